The van der Waals surface area contributed by atoms with Crippen molar-refractivity contribution in [2.24, 2.45) is 0 Å². The average molecular weight is 239 g/mol. The Kier molecular flexibility index (Phi) is 5.78. The third kappa shape index (κ3) is 5.07. The number of rotatable bonds is 6. The number of benzene rings is 1. The summed E-state index contributed by atoms with van der Waals surface area (Å²) in [5, 5.41) is 0. The first-order valence-corrected chi connectivity index (χ1v) is 6.45. The summed E-state index contributed by atoms with van der Waals surface area (Å²) in [5.41, 5.74) is 7.19. The molecule has 0 atom stereocenters. The molecule has 0 aliphatic heterocycles. The van der Waals surface area contributed by atoms with Crippen LogP contribution in [0.3, 0.4) is 0 Å². The Balaban J connectivity index is 2.26. The van der Waals surface area contributed by atoms with Gasteiger partial charge in [-0.1, -0.05) is 19.1 Å². The van der Waals surface area contributed by atoms with E-state index in [0.29, 0.717) is 18.7 Å². The van der Waals surface area contributed by atoms with E-state index in [9.17, 15) is 4.79 Å². The van der Waals surface area contributed by atoms with Gasteiger partial charge in [-0.25, -0.2) is 0 Å². The number of thioether (sulfide) groups is 1. The Bertz CT molecular complexity index is 324. The summed E-state index contributed by atoms with van der Waals surface area (Å²) in [5.74, 6) is 1.74. The van der Waals surface area contributed by atoms with Crippen LogP contribution in [0.25, 0.3) is 0 Å². The Morgan fingerprint density at radius 1 is 1.38 bits per heavy atom. The first kappa shape index (κ1) is 12.9. The highest BCUT2D eigenvalue weighted by Gasteiger charge is 2.04. The molecule has 1 aromatic rings. The first-order valence-electron chi connectivity index (χ1n) is 5.30. The van der Waals surface area contributed by atoms with Gasteiger partial charge in [-0.15, -0.1) is 0 Å². The summed E-state index contributed by atoms with van der Waals surface area (Å²) in [6.07, 6.45) is 0.317. The Morgan fingerprint density at radius 3 is 2.69 bits per heavy atom. The maximum Gasteiger partial charge on any atom is 0.310 e. The van der Waals surface area contributed by atoms with Gasteiger partial charge in [-0.05, 0) is 23.4 Å². The van der Waals surface area contributed by atoms with Gasteiger partial charge in [0.1, 0.15) is 6.61 Å². The number of carbonyl (C=O) groups excluding carboxylic acids is 1. The fourth-order valence-electron chi connectivity index (χ4n) is 1.21. The smallest absolute Gasteiger partial charge is 0.310 e. The van der Waals surface area contributed by atoms with Crippen LogP contribution in [-0.4, -0.2) is 24.1 Å². The Hall–Kier alpha value is -1.16. The fourth-order valence-corrected chi connectivity index (χ4v) is 1.70. The molecule has 0 spiro atoms. The van der Waals surface area contributed by atoms with Crippen molar-refractivity contribution in [1.82, 2.24) is 0 Å². The standard InChI is InChI=1S/C12H17NO2S/c1-2-16-8-7-15-12(14)9-10-3-5-11(13)6-4-10/h3-6H,2,7-9,13H2,1H3. The summed E-state index contributed by atoms with van der Waals surface area (Å²) in [6, 6.07) is 7.26. The summed E-state index contributed by atoms with van der Waals surface area (Å²) in [6.45, 7) is 2.58. The minimum Gasteiger partial charge on any atom is -0.465 e. The van der Waals surface area contributed by atoms with Crippen LogP contribution in [0.5, 0.6) is 0 Å². The van der Waals surface area contributed by atoms with Gasteiger partial charge in [0.2, 0.25) is 0 Å². The zero-order valence-electron chi connectivity index (χ0n) is 9.44. The molecule has 0 aliphatic carbocycles. The van der Waals surface area contributed by atoms with Crippen molar-refractivity contribution in [3.63, 3.8) is 0 Å². The van der Waals surface area contributed by atoms with Crippen molar-refractivity contribution in [2.45, 2.75) is 13.3 Å². The zero-order chi connectivity index (χ0) is 11.8. The van der Waals surface area contributed by atoms with E-state index in [1.54, 1.807) is 23.9 Å². The maximum atomic E-state index is 11.4. The third-order valence-corrected chi connectivity index (χ3v) is 2.89. The monoisotopic (exact) mass is 239 g/mol. The number of nitrogens with two attached hydrogens (primary N) is 1. The van der Waals surface area contributed by atoms with Crippen LogP contribution in [0.1, 0.15) is 12.5 Å². The number of nitrogen functional groups attached to an aromatic ring is 1. The molecule has 2 N–H and O–H groups in total. The second-order valence-electron chi connectivity index (χ2n) is 3.34. The lowest BCUT2D eigenvalue weighted by molar-refractivity contribution is -0.142. The Morgan fingerprint density at radius 2 is 2.06 bits per heavy atom. The van der Waals surface area contributed by atoms with E-state index in [1.807, 2.05) is 12.1 Å². The van der Waals surface area contributed by atoms with E-state index in [1.165, 1.54) is 0 Å². The molecular formula is C12H17NO2S. The molecule has 4 heteroatoms. The molecule has 0 amide bonds. The van der Waals surface area contributed by atoms with Gasteiger partial charge in [0.05, 0.1) is 6.42 Å². The fraction of sp³-hybridized carbons (Fsp3) is 0.417. The number of carbonyl (C=O) groups is 1. The predicted molar refractivity (Wildman–Crippen MR) is 68.5 cm³/mol. The van der Waals surface area contributed by atoms with Gasteiger partial charge in [0, 0.05) is 11.4 Å². The molecule has 0 saturated heterocycles. The number of anilines is 1. The van der Waals surface area contributed by atoms with Crippen molar-refractivity contribution >= 4 is 23.4 Å². The number of ether oxygens (including phenoxy) is 1. The molecule has 3 nitrogen and oxygen atoms in total. The van der Waals surface area contributed by atoms with Crippen LogP contribution in [0.2, 0.25) is 0 Å². The molecule has 0 unspecified atom stereocenters. The molecule has 0 aliphatic rings. The van der Waals surface area contributed by atoms with E-state index >= 15 is 0 Å². The molecule has 0 aromatic heterocycles. The molecule has 16 heavy (non-hydrogen) atoms. The van der Waals surface area contributed by atoms with Gasteiger partial charge in [-0.2, -0.15) is 11.8 Å². The largest absolute Gasteiger partial charge is 0.465 e. The number of esters is 1. The minimum absolute atomic E-state index is 0.179. The van der Waals surface area contributed by atoms with Gasteiger partial charge < -0.3 is 10.5 Å². The molecule has 1 aromatic carbocycles. The lowest BCUT2D eigenvalue weighted by Gasteiger charge is -2.04. The van der Waals surface area contributed by atoms with Gasteiger partial charge in [0.25, 0.3) is 0 Å². The average Bonchev–Trinajstić information content (AvgIpc) is 2.28. The molecular weight excluding hydrogens is 222 g/mol. The molecule has 0 heterocycles. The zero-order valence-corrected chi connectivity index (χ0v) is 10.3. The van der Waals surface area contributed by atoms with Crippen molar-refractivity contribution in [3.05, 3.63) is 29.8 Å². The van der Waals surface area contributed by atoms with Crippen molar-refractivity contribution in [3.8, 4) is 0 Å². The quantitative estimate of drug-likeness (QED) is 0.469. The van der Waals surface area contributed by atoms with E-state index < -0.39 is 0 Å². The highest BCUT2D eigenvalue weighted by molar-refractivity contribution is 7.99. The van der Waals surface area contributed by atoms with Crippen molar-refractivity contribution in [1.29, 1.82) is 0 Å². The maximum absolute atomic E-state index is 11.4. The Labute approximate surface area is 100 Å². The molecule has 1 rings (SSSR count). The van der Waals surface area contributed by atoms with Gasteiger partial charge in [0.15, 0.2) is 0 Å². The molecule has 0 bridgehead atoms. The lowest BCUT2D eigenvalue weighted by atomic mass is 10.1. The molecule has 0 fully saturated rings. The second kappa shape index (κ2) is 7.17. The van der Waals surface area contributed by atoms with Crippen LogP contribution in [0.4, 0.5) is 5.69 Å². The third-order valence-electron chi connectivity index (χ3n) is 2.02. The van der Waals surface area contributed by atoms with E-state index in [2.05, 4.69) is 6.92 Å². The van der Waals surface area contributed by atoms with Gasteiger partial charge >= 0.3 is 5.97 Å². The second-order valence-corrected chi connectivity index (χ2v) is 4.73. The normalized spacial score (nSPS) is 10.1. The summed E-state index contributed by atoms with van der Waals surface area (Å²) in [7, 11) is 0. The lowest BCUT2D eigenvalue weighted by Crippen LogP contribution is -2.10. The van der Waals surface area contributed by atoms with Crippen LogP contribution in [0, 0.1) is 0 Å². The van der Waals surface area contributed by atoms with Crippen LogP contribution >= 0.6 is 11.8 Å². The first-order chi connectivity index (χ1) is 7.72. The SMILES string of the molecule is CCSCCOC(=O)Cc1ccc(N)cc1. The van der Waals surface area contributed by atoms with Crippen LogP contribution in [0.15, 0.2) is 24.3 Å². The number of hydrogen-bond acceptors (Lipinski definition) is 4. The summed E-state index contributed by atoms with van der Waals surface area (Å²) in [4.78, 5) is 11.4. The van der Waals surface area contributed by atoms with E-state index in [4.69, 9.17) is 10.5 Å². The topological polar surface area (TPSA) is 52.3 Å². The van der Waals surface area contributed by atoms with Crippen molar-refractivity contribution < 1.29 is 9.53 Å². The molecule has 88 valence electrons. The summed E-state index contributed by atoms with van der Waals surface area (Å²) < 4.78 is 5.09. The van der Waals surface area contributed by atoms with Crippen LogP contribution in [-0.2, 0) is 16.0 Å². The van der Waals surface area contributed by atoms with E-state index in [0.717, 1.165) is 17.1 Å². The minimum atomic E-state index is -0.179. The highest BCUT2D eigenvalue weighted by Crippen LogP contribution is 2.07. The summed E-state index contributed by atoms with van der Waals surface area (Å²) >= 11 is 1.76. The molecule has 0 radical (unpaired) electrons. The highest BCUT2D eigenvalue weighted by atomic mass is 32.2. The molecule has 0 saturated carbocycles. The van der Waals surface area contributed by atoms with Crippen molar-refractivity contribution in [2.75, 3.05) is 23.8 Å². The predicted octanol–water partition coefficient (Wildman–Crippen LogP) is 2.11. The van der Waals surface area contributed by atoms with Gasteiger partial charge in [-0.3, -0.25) is 4.79 Å². The van der Waals surface area contributed by atoms with Crippen LogP contribution < -0.4 is 5.73 Å². The number of hydrogen-bond donors (Lipinski definition) is 1. The van der Waals surface area contributed by atoms with E-state index in [-0.39, 0.29) is 5.97 Å².